The van der Waals surface area contributed by atoms with E-state index in [1.807, 2.05) is 6.07 Å². The fourth-order valence-corrected chi connectivity index (χ4v) is 1.52. The molecule has 6 heteroatoms. The first kappa shape index (κ1) is 17.7. The average Bonchev–Trinajstić information content (AvgIpc) is 2.52. The monoisotopic (exact) mass is 308 g/mol. The molecule has 0 heterocycles. The molecule has 0 aliphatic rings. The number of hydrogen-bond acceptors (Lipinski definition) is 5. The third-order valence-electron chi connectivity index (χ3n) is 2.56. The number of aliphatic carboxylic acids is 1. The second-order valence-corrected chi connectivity index (χ2v) is 4.13. The molecule has 120 valence electrons. The van der Waals surface area contributed by atoms with Crippen molar-refractivity contribution in [3.8, 4) is 11.5 Å². The Morgan fingerprint density at radius 2 is 2.00 bits per heavy atom. The number of benzene rings is 1. The van der Waals surface area contributed by atoms with Crippen LogP contribution in [0.15, 0.2) is 36.4 Å². The summed E-state index contributed by atoms with van der Waals surface area (Å²) < 4.78 is 20.8. The molecular formula is C16H20O6. The minimum absolute atomic E-state index is 0.107. The molecule has 22 heavy (non-hydrogen) atoms. The molecule has 0 fully saturated rings. The maximum Gasteiger partial charge on any atom is 0.328 e. The van der Waals surface area contributed by atoms with Gasteiger partial charge in [0.05, 0.1) is 20.3 Å². The number of carboxylic acids is 1. The summed E-state index contributed by atoms with van der Waals surface area (Å²) in [5.41, 5.74) is 0.861. The summed E-state index contributed by atoms with van der Waals surface area (Å²) in [7, 11) is 3.15. The van der Waals surface area contributed by atoms with Crippen LogP contribution < -0.4 is 9.47 Å². The lowest BCUT2D eigenvalue weighted by Gasteiger charge is -2.11. The second-order valence-electron chi connectivity index (χ2n) is 4.13. The van der Waals surface area contributed by atoms with Crippen LogP contribution in [0.25, 0.3) is 6.08 Å². The van der Waals surface area contributed by atoms with Crippen molar-refractivity contribution in [2.75, 3.05) is 34.2 Å². The van der Waals surface area contributed by atoms with Gasteiger partial charge in [-0.3, -0.25) is 0 Å². The van der Waals surface area contributed by atoms with Crippen molar-refractivity contribution >= 4 is 12.0 Å². The lowest BCUT2D eigenvalue weighted by atomic mass is 10.2. The van der Waals surface area contributed by atoms with Crippen molar-refractivity contribution in [2.45, 2.75) is 0 Å². The molecule has 0 unspecified atom stereocenters. The van der Waals surface area contributed by atoms with Gasteiger partial charge in [0.1, 0.15) is 0 Å². The molecule has 0 saturated heterocycles. The predicted molar refractivity (Wildman–Crippen MR) is 82.1 cm³/mol. The van der Waals surface area contributed by atoms with Gasteiger partial charge >= 0.3 is 5.97 Å². The van der Waals surface area contributed by atoms with E-state index >= 15 is 0 Å². The van der Waals surface area contributed by atoms with Crippen LogP contribution >= 0.6 is 0 Å². The van der Waals surface area contributed by atoms with E-state index in [1.165, 1.54) is 6.08 Å². The van der Waals surface area contributed by atoms with Gasteiger partial charge in [-0.15, -0.1) is 0 Å². The molecule has 1 aromatic rings. The Bertz CT molecular complexity index is 521. The van der Waals surface area contributed by atoms with E-state index in [9.17, 15) is 4.79 Å². The standard InChI is InChI=1S/C16H20O6/c1-19-9-10-21-12-22-14-8-7-13(11-15(14)20-2)5-3-4-6-16(17)18/h3-8,11H,9-10,12H2,1-2H3,(H,17,18). The van der Waals surface area contributed by atoms with Crippen molar-refractivity contribution in [1.82, 2.24) is 0 Å². The van der Waals surface area contributed by atoms with Crippen molar-refractivity contribution < 1.29 is 28.8 Å². The SMILES string of the molecule is COCCOCOc1ccc(C=CC=CC(=O)O)cc1OC. The van der Waals surface area contributed by atoms with Crippen LogP contribution in [0.3, 0.4) is 0 Å². The van der Waals surface area contributed by atoms with Gasteiger partial charge in [-0.25, -0.2) is 4.79 Å². The Hall–Kier alpha value is -2.31. The molecular weight excluding hydrogens is 288 g/mol. The van der Waals surface area contributed by atoms with Crippen molar-refractivity contribution in [3.63, 3.8) is 0 Å². The molecule has 1 aromatic carbocycles. The highest BCUT2D eigenvalue weighted by Crippen LogP contribution is 2.28. The van der Waals surface area contributed by atoms with Crippen LogP contribution in [0, 0.1) is 0 Å². The van der Waals surface area contributed by atoms with Crippen LogP contribution in [-0.2, 0) is 14.3 Å². The molecule has 6 nitrogen and oxygen atoms in total. The summed E-state index contributed by atoms with van der Waals surface area (Å²) in [6.45, 7) is 1.07. The van der Waals surface area contributed by atoms with E-state index in [2.05, 4.69) is 0 Å². The van der Waals surface area contributed by atoms with Gasteiger partial charge in [0.15, 0.2) is 18.3 Å². The van der Waals surface area contributed by atoms with E-state index in [1.54, 1.807) is 38.5 Å². The van der Waals surface area contributed by atoms with Crippen LogP contribution in [0.4, 0.5) is 0 Å². The van der Waals surface area contributed by atoms with Crippen molar-refractivity contribution in [1.29, 1.82) is 0 Å². The number of carbonyl (C=O) groups is 1. The summed E-state index contributed by atoms with van der Waals surface area (Å²) in [5.74, 6) is 0.150. The van der Waals surface area contributed by atoms with Gasteiger partial charge < -0.3 is 24.1 Å². The lowest BCUT2D eigenvalue weighted by Crippen LogP contribution is -2.08. The minimum Gasteiger partial charge on any atom is -0.493 e. The molecule has 0 saturated carbocycles. The predicted octanol–water partition coefficient (Wildman–Crippen LogP) is 2.35. The number of allylic oxidation sites excluding steroid dienone is 2. The Kier molecular flexibility index (Phi) is 8.40. The molecule has 0 bridgehead atoms. The maximum atomic E-state index is 10.3. The Morgan fingerprint density at radius 1 is 1.18 bits per heavy atom. The van der Waals surface area contributed by atoms with Crippen LogP contribution in [0.1, 0.15) is 5.56 Å². The van der Waals surface area contributed by atoms with Gasteiger partial charge in [0, 0.05) is 13.2 Å². The summed E-state index contributed by atoms with van der Waals surface area (Å²) in [6, 6.07) is 5.38. The zero-order valence-corrected chi connectivity index (χ0v) is 12.7. The number of methoxy groups -OCH3 is 2. The van der Waals surface area contributed by atoms with E-state index < -0.39 is 5.97 Å². The first-order valence-corrected chi connectivity index (χ1v) is 6.62. The summed E-state index contributed by atoms with van der Waals surface area (Å²) in [5, 5.41) is 8.49. The fraction of sp³-hybridized carbons (Fsp3) is 0.312. The van der Waals surface area contributed by atoms with E-state index in [-0.39, 0.29) is 6.79 Å². The smallest absolute Gasteiger partial charge is 0.328 e. The van der Waals surface area contributed by atoms with Crippen LogP contribution in [0.2, 0.25) is 0 Å². The second kappa shape index (κ2) is 10.4. The summed E-state index contributed by atoms with van der Waals surface area (Å²) in [4.78, 5) is 10.3. The van der Waals surface area contributed by atoms with Crippen molar-refractivity contribution in [3.05, 3.63) is 42.0 Å². The van der Waals surface area contributed by atoms with E-state index in [0.717, 1.165) is 11.6 Å². The molecule has 0 amide bonds. The molecule has 0 atom stereocenters. The highest BCUT2D eigenvalue weighted by Gasteiger charge is 2.04. The highest BCUT2D eigenvalue weighted by molar-refractivity contribution is 5.80. The van der Waals surface area contributed by atoms with Crippen LogP contribution in [-0.4, -0.2) is 45.3 Å². The number of ether oxygens (including phenoxy) is 4. The zero-order chi connectivity index (χ0) is 16.2. The lowest BCUT2D eigenvalue weighted by molar-refractivity contribution is -0.131. The minimum atomic E-state index is -0.987. The Morgan fingerprint density at radius 3 is 2.68 bits per heavy atom. The first-order chi connectivity index (χ1) is 10.7. The first-order valence-electron chi connectivity index (χ1n) is 6.62. The van der Waals surface area contributed by atoms with Gasteiger partial charge in [-0.2, -0.15) is 0 Å². The quantitative estimate of drug-likeness (QED) is 0.309. The molecule has 0 aliphatic carbocycles. The van der Waals surface area contributed by atoms with E-state index in [4.69, 9.17) is 24.1 Å². The van der Waals surface area contributed by atoms with Crippen molar-refractivity contribution in [2.24, 2.45) is 0 Å². The van der Waals surface area contributed by atoms with E-state index in [0.29, 0.717) is 24.7 Å². The summed E-state index contributed by atoms with van der Waals surface area (Å²) in [6.07, 6.45) is 5.91. The molecule has 0 aromatic heterocycles. The third-order valence-corrected chi connectivity index (χ3v) is 2.56. The zero-order valence-electron chi connectivity index (χ0n) is 12.7. The topological polar surface area (TPSA) is 74.2 Å². The Balaban J connectivity index is 2.60. The summed E-state index contributed by atoms with van der Waals surface area (Å²) >= 11 is 0. The van der Waals surface area contributed by atoms with Gasteiger partial charge in [0.25, 0.3) is 0 Å². The molecule has 0 radical (unpaired) electrons. The van der Waals surface area contributed by atoms with Gasteiger partial charge in [0.2, 0.25) is 0 Å². The molecule has 0 aliphatic heterocycles. The largest absolute Gasteiger partial charge is 0.493 e. The Labute approximate surface area is 129 Å². The molecule has 1 N–H and O–H groups in total. The number of carboxylic acid groups (broad SMARTS) is 1. The fourth-order valence-electron chi connectivity index (χ4n) is 1.52. The normalized spacial score (nSPS) is 11.2. The highest BCUT2D eigenvalue weighted by atomic mass is 16.7. The molecule has 0 spiro atoms. The van der Waals surface area contributed by atoms with Gasteiger partial charge in [-0.05, 0) is 17.7 Å². The average molecular weight is 308 g/mol. The number of rotatable bonds is 10. The molecule has 1 rings (SSSR count). The maximum absolute atomic E-state index is 10.3. The van der Waals surface area contributed by atoms with Crippen LogP contribution in [0.5, 0.6) is 11.5 Å². The third kappa shape index (κ3) is 6.92. The van der Waals surface area contributed by atoms with Gasteiger partial charge in [-0.1, -0.05) is 24.3 Å². The number of hydrogen-bond donors (Lipinski definition) is 1.